The summed E-state index contributed by atoms with van der Waals surface area (Å²) in [6.07, 6.45) is -2.02. The van der Waals surface area contributed by atoms with Crippen LogP contribution in [0, 0.1) is 23.0 Å². The first-order valence-electron chi connectivity index (χ1n) is 12.9. The van der Waals surface area contributed by atoms with Crippen LogP contribution in [0.1, 0.15) is 47.2 Å². The lowest BCUT2D eigenvalue weighted by atomic mass is 9.50. The Labute approximate surface area is 230 Å². The Morgan fingerprint density at radius 3 is 2.29 bits per heavy atom. The van der Waals surface area contributed by atoms with E-state index in [9.17, 15) is 36.6 Å². The highest BCUT2D eigenvalue weighted by Crippen LogP contribution is 2.58. The standard InChI is InChI=1S/C29H23F5N4O3/c30-22-6-3-16(8-23(22)31)17-7-21(26(39)35-20-12-28(13-20)10-18(11-28)27(40)41)25-24(9-17)36-37-38(25)14-15-1-4-19(5-2-15)29(32,33)34/h1-9,18,20H,10-14H2,(H,35,39)(H,40,41). The second-order valence-electron chi connectivity index (χ2n) is 11.0. The van der Waals surface area contributed by atoms with E-state index in [2.05, 4.69) is 15.6 Å². The van der Waals surface area contributed by atoms with Crippen LogP contribution < -0.4 is 5.32 Å². The van der Waals surface area contributed by atoms with E-state index < -0.39 is 35.3 Å². The molecular formula is C29H23F5N4O3. The molecule has 0 aliphatic heterocycles. The fourth-order valence-electron chi connectivity index (χ4n) is 6.06. The molecule has 7 nitrogen and oxygen atoms in total. The molecule has 0 atom stereocenters. The number of fused-ring (bicyclic) bond motifs is 1. The topological polar surface area (TPSA) is 97.1 Å². The number of hydrogen-bond acceptors (Lipinski definition) is 4. The molecule has 2 fully saturated rings. The zero-order valence-corrected chi connectivity index (χ0v) is 21.4. The minimum atomic E-state index is -4.48. The van der Waals surface area contributed by atoms with Crippen LogP contribution in [0.5, 0.6) is 0 Å². The molecule has 0 saturated heterocycles. The van der Waals surface area contributed by atoms with Crippen molar-refractivity contribution in [1.82, 2.24) is 20.3 Å². The molecule has 3 aromatic carbocycles. The first-order chi connectivity index (χ1) is 19.4. The van der Waals surface area contributed by atoms with Gasteiger partial charge in [-0.2, -0.15) is 13.2 Å². The van der Waals surface area contributed by atoms with Crippen LogP contribution in [0.15, 0.2) is 54.6 Å². The van der Waals surface area contributed by atoms with Crippen LogP contribution in [-0.2, 0) is 17.5 Å². The molecule has 2 N–H and O–H groups in total. The number of halogens is 5. The van der Waals surface area contributed by atoms with Crippen LogP contribution in [-0.4, -0.2) is 38.0 Å². The molecule has 0 bridgehead atoms. The van der Waals surface area contributed by atoms with Gasteiger partial charge in [-0.05, 0) is 84.2 Å². The van der Waals surface area contributed by atoms with Gasteiger partial charge in [-0.3, -0.25) is 9.59 Å². The Morgan fingerprint density at radius 2 is 1.66 bits per heavy atom. The zero-order chi connectivity index (χ0) is 29.1. The number of nitrogens with one attached hydrogen (secondary N) is 1. The molecule has 1 heterocycles. The minimum Gasteiger partial charge on any atom is -0.481 e. The van der Waals surface area contributed by atoms with Crippen molar-refractivity contribution in [3.05, 3.63) is 82.9 Å². The summed E-state index contributed by atoms with van der Waals surface area (Å²) in [6, 6.07) is 10.9. The summed E-state index contributed by atoms with van der Waals surface area (Å²) in [5.41, 5.74) is 1.13. The molecule has 4 aromatic rings. The van der Waals surface area contributed by atoms with E-state index in [0.717, 1.165) is 24.3 Å². The second-order valence-corrected chi connectivity index (χ2v) is 11.0. The predicted octanol–water partition coefficient (Wildman–Crippen LogP) is 5.82. The second kappa shape index (κ2) is 9.64. The molecule has 6 rings (SSSR count). The zero-order valence-electron chi connectivity index (χ0n) is 21.4. The largest absolute Gasteiger partial charge is 0.481 e. The normalized spacial score (nSPS) is 21.9. The summed E-state index contributed by atoms with van der Waals surface area (Å²) in [4.78, 5) is 24.8. The third-order valence-electron chi connectivity index (χ3n) is 8.12. The highest BCUT2D eigenvalue weighted by Gasteiger charge is 2.55. The van der Waals surface area contributed by atoms with Gasteiger partial charge in [-0.25, -0.2) is 13.5 Å². The Balaban J connectivity index is 1.31. The van der Waals surface area contributed by atoms with Gasteiger partial charge in [-0.15, -0.1) is 5.10 Å². The first-order valence-corrected chi connectivity index (χ1v) is 12.9. The van der Waals surface area contributed by atoms with Gasteiger partial charge in [0.1, 0.15) is 11.0 Å². The maximum atomic E-state index is 14.0. The Kier molecular flexibility index (Phi) is 6.31. The Bertz CT molecular complexity index is 1670. The smallest absolute Gasteiger partial charge is 0.416 e. The van der Waals surface area contributed by atoms with Crippen molar-refractivity contribution >= 4 is 22.9 Å². The molecule has 2 saturated carbocycles. The number of alkyl halides is 3. The van der Waals surface area contributed by atoms with E-state index in [4.69, 9.17) is 0 Å². The summed E-state index contributed by atoms with van der Waals surface area (Å²) in [5.74, 6) is -3.70. The third-order valence-corrected chi connectivity index (χ3v) is 8.12. The fraction of sp³-hybridized carbons (Fsp3) is 0.310. The van der Waals surface area contributed by atoms with E-state index >= 15 is 0 Å². The van der Waals surface area contributed by atoms with Crippen LogP contribution >= 0.6 is 0 Å². The number of benzene rings is 3. The number of rotatable bonds is 6. The van der Waals surface area contributed by atoms with Gasteiger partial charge in [0.15, 0.2) is 11.6 Å². The van der Waals surface area contributed by atoms with Crippen molar-refractivity contribution in [3.63, 3.8) is 0 Å². The van der Waals surface area contributed by atoms with Crippen molar-refractivity contribution in [2.75, 3.05) is 0 Å². The van der Waals surface area contributed by atoms with Crippen LogP contribution in [0.25, 0.3) is 22.2 Å². The quantitative estimate of drug-likeness (QED) is 0.285. The predicted molar refractivity (Wildman–Crippen MR) is 137 cm³/mol. The van der Waals surface area contributed by atoms with Crippen LogP contribution in [0.4, 0.5) is 22.0 Å². The molecule has 1 spiro atoms. The van der Waals surface area contributed by atoms with Crippen molar-refractivity contribution in [1.29, 1.82) is 0 Å². The van der Waals surface area contributed by atoms with E-state index in [0.29, 0.717) is 47.9 Å². The molecule has 12 heteroatoms. The highest BCUT2D eigenvalue weighted by atomic mass is 19.4. The Morgan fingerprint density at radius 1 is 0.951 bits per heavy atom. The van der Waals surface area contributed by atoms with Gasteiger partial charge in [0.25, 0.3) is 5.91 Å². The van der Waals surface area contributed by atoms with Crippen LogP contribution in [0.2, 0.25) is 0 Å². The maximum Gasteiger partial charge on any atom is 0.416 e. The number of carboxylic acid groups (broad SMARTS) is 1. The maximum absolute atomic E-state index is 14.0. The number of nitrogens with zero attached hydrogens (tertiary/aromatic N) is 3. The molecular weight excluding hydrogens is 547 g/mol. The van der Waals surface area contributed by atoms with E-state index in [1.54, 1.807) is 6.07 Å². The lowest BCUT2D eigenvalue weighted by Gasteiger charge is -2.56. The molecule has 212 valence electrons. The molecule has 41 heavy (non-hydrogen) atoms. The van der Waals surface area contributed by atoms with Crippen LogP contribution in [0.3, 0.4) is 0 Å². The van der Waals surface area contributed by atoms with Crippen molar-refractivity contribution in [2.24, 2.45) is 11.3 Å². The number of carbonyl (C=O) groups is 2. The number of carbonyl (C=O) groups excluding carboxylic acids is 1. The van der Waals surface area contributed by atoms with Gasteiger partial charge in [0.2, 0.25) is 0 Å². The summed E-state index contributed by atoms with van der Waals surface area (Å²) in [5, 5.41) is 20.4. The number of amides is 1. The average molecular weight is 571 g/mol. The van der Waals surface area contributed by atoms with E-state index in [1.165, 1.54) is 28.9 Å². The summed E-state index contributed by atoms with van der Waals surface area (Å²) < 4.78 is 68.0. The third kappa shape index (κ3) is 5.02. The summed E-state index contributed by atoms with van der Waals surface area (Å²) in [7, 11) is 0. The number of aromatic nitrogens is 3. The fourth-order valence-corrected chi connectivity index (χ4v) is 6.06. The number of aliphatic carboxylic acids is 1. The monoisotopic (exact) mass is 570 g/mol. The number of hydrogen-bond donors (Lipinski definition) is 2. The van der Waals surface area contributed by atoms with Gasteiger partial charge in [-0.1, -0.05) is 23.4 Å². The summed E-state index contributed by atoms with van der Waals surface area (Å²) >= 11 is 0. The van der Waals surface area contributed by atoms with E-state index in [-0.39, 0.29) is 35.0 Å². The number of carboxylic acids is 1. The molecule has 0 radical (unpaired) electrons. The lowest BCUT2D eigenvalue weighted by molar-refractivity contribution is -0.155. The highest BCUT2D eigenvalue weighted by molar-refractivity contribution is 6.06. The van der Waals surface area contributed by atoms with Crippen molar-refractivity contribution in [2.45, 2.75) is 44.4 Å². The van der Waals surface area contributed by atoms with Gasteiger partial charge >= 0.3 is 12.1 Å². The molecule has 1 amide bonds. The van der Waals surface area contributed by atoms with Crippen molar-refractivity contribution < 1.29 is 36.6 Å². The molecule has 2 aliphatic carbocycles. The first kappa shape index (κ1) is 26.9. The van der Waals surface area contributed by atoms with Gasteiger partial charge in [0.05, 0.1) is 23.6 Å². The van der Waals surface area contributed by atoms with Gasteiger partial charge in [0, 0.05) is 6.04 Å². The molecule has 2 aliphatic rings. The molecule has 1 aromatic heterocycles. The Hall–Kier alpha value is -4.35. The molecule has 0 unspecified atom stereocenters. The lowest BCUT2D eigenvalue weighted by Crippen LogP contribution is -2.57. The minimum absolute atomic E-state index is 0.0303. The van der Waals surface area contributed by atoms with Crippen molar-refractivity contribution in [3.8, 4) is 11.1 Å². The van der Waals surface area contributed by atoms with Gasteiger partial charge < -0.3 is 10.4 Å². The SMILES string of the molecule is O=C(NC1CC2(C1)CC(C(=O)O)C2)c1cc(-c2ccc(F)c(F)c2)cc2nnn(Cc3ccc(C(F)(F)F)cc3)c12. The van der Waals surface area contributed by atoms with E-state index in [1.807, 2.05) is 0 Å². The average Bonchev–Trinajstić information content (AvgIpc) is 3.27. The summed E-state index contributed by atoms with van der Waals surface area (Å²) in [6.45, 7) is 0.0303.